The fourth-order valence-corrected chi connectivity index (χ4v) is 3.37. The molecule has 1 aliphatic rings. The number of hydrogen-bond donors (Lipinski definition) is 1. The number of ether oxygens (including phenoxy) is 2. The minimum atomic E-state index is -0.188. The van der Waals surface area contributed by atoms with Gasteiger partial charge in [-0.25, -0.2) is 4.98 Å². The average molecular weight is 407 g/mol. The van der Waals surface area contributed by atoms with Gasteiger partial charge in [-0.15, -0.1) is 11.3 Å². The molecule has 0 amide bonds. The van der Waals surface area contributed by atoms with Crippen molar-refractivity contribution in [2.24, 2.45) is 11.0 Å². The molecule has 7 heteroatoms. The molecular weight excluding hydrogens is 386 g/mol. The van der Waals surface area contributed by atoms with Crippen LogP contribution in [0.4, 0.5) is 5.13 Å². The van der Waals surface area contributed by atoms with E-state index in [0.717, 1.165) is 29.7 Å². The third-order valence-electron chi connectivity index (χ3n) is 4.34. The lowest BCUT2D eigenvalue weighted by Crippen LogP contribution is -2.11. The zero-order valence-corrected chi connectivity index (χ0v) is 16.8. The Kier molecular flexibility index (Phi) is 5.86. The number of hydrogen-bond acceptors (Lipinski definition) is 7. The first-order chi connectivity index (χ1) is 14.2. The van der Waals surface area contributed by atoms with Crippen LogP contribution >= 0.6 is 11.3 Å². The summed E-state index contributed by atoms with van der Waals surface area (Å²) < 4.78 is 11.1. The van der Waals surface area contributed by atoms with Gasteiger partial charge in [0.15, 0.2) is 11.5 Å². The van der Waals surface area contributed by atoms with E-state index in [0.29, 0.717) is 23.2 Å². The number of esters is 1. The van der Waals surface area contributed by atoms with Crippen molar-refractivity contribution < 1.29 is 14.3 Å². The maximum Gasteiger partial charge on any atom is 0.314 e. The van der Waals surface area contributed by atoms with Crippen LogP contribution in [0.25, 0.3) is 11.3 Å². The number of anilines is 1. The van der Waals surface area contributed by atoms with Gasteiger partial charge in [0.1, 0.15) is 0 Å². The highest BCUT2D eigenvalue weighted by Gasteiger charge is 2.32. The Balaban J connectivity index is 1.42. The van der Waals surface area contributed by atoms with E-state index in [9.17, 15) is 4.79 Å². The van der Waals surface area contributed by atoms with E-state index in [1.165, 1.54) is 11.3 Å². The van der Waals surface area contributed by atoms with Crippen molar-refractivity contribution in [2.45, 2.75) is 19.8 Å². The van der Waals surface area contributed by atoms with Crippen molar-refractivity contribution in [3.05, 3.63) is 59.5 Å². The molecule has 0 bridgehead atoms. The fourth-order valence-electron chi connectivity index (χ4n) is 2.70. The van der Waals surface area contributed by atoms with Gasteiger partial charge in [0, 0.05) is 10.9 Å². The maximum atomic E-state index is 11.9. The summed E-state index contributed by atoms with van der Waals surface area (Å²) in [6.07, 6.45) is 3.49. The summed E-state index contributed by atoms with van der Waals surface area (Å²) in [5.41, 5.74) is 5.76. The summed E-state index contributed by atoms with van der Waals surface area (Å²) >= 11 is 1.49. The van der Waals surface area contributed by atoms with E-state index in [4.69, 9.17) is 9.47 Å². The number of carbonyl (C=O) groups excluding carboxylic acids is 1. The second kappa shape index (κ2) is 8.87. The van der Waals surface area contributed by atoms with Crippen molar-refractivity contribution >= 4 is 28.7 Å². The topological polar surface area (TPSA) is 72.8 Å². The van der Waals surface area contributed by atoms with Crippen LogP contribution in [0.5, 0.6) is 11.5 Å². The van der Waals surface area contributed by atoms with Gasteiger partial charge in [-0.05, 0) is 43.5 Å². The number of thiazole rings is 1. The Morgan fingerprint density at radius 2 is 2.07 bits per heavy atom. The van der Waals surface area contributed by atoms with Crippen LogP contribution in [0.3, 0.4) is 0 Å². The first-order valence-electron chi connectivity index (χ1n) is 9.51. The molecule has 1 aliphatic carbocycles. The van der Waals surface area contributed by atoms with Crippen LogP contribution in [0.15, 0.2) is 59.0 Å². The third-order valence-corrected chi connectivity index (χ3v) is 5.08. The predicted molar refractivity (Wildman–Crippen MR) is 115 cm³/mol. The molecular formula is C22H21N3O3S. The SMILES string of the molecule is CCOc1cc(C=NNc2nc(-c3ccccc3)cs2)ccc1OC(=O)C1CC1. The molecule has 0 unspecified atom stereocenters. The highest BCUT2D eigenvalue weighted by Crippen LogP contribution is 2.34. The Morgan fingerprint density at radius 1 is 1.24 bits per heavy atom. The highest BCUT2D eigenvalue weighted by atomic mass is 32.1. The van der Waals surface area contributed by atoms with Gasteiger partial charge in [0.05, 0.1) is 24.4 Å². The van der Waals surface area contributed by atoms with Crippen molar-refractivity contribution in [1.29, 1.82) is 0 Å². The van der Waals surface area contributed by atoms with E-state index in [1.807, 2.05) is 48.7 Å². The second-order valence-electron chi connectivity index (χ2n) is 6.61. The molecule has 2 aromatic carbocycles. The van der Waals surface area contributed by atoms with E-state index in [-0.39, 0.29) is 11.9 Å². The first kappa shape index (κ1) is 19.1. The number of aromatic nitrogens is 1. The van der Waals surface area contributed by atoms with E-state index in [1.54, 1.807) is 18.3 Å². The molecule has 1 fully saturated rings. The monoisotopic (exact) mass is 407 g/mol. The van der Waals surface area contributed by atoms with Gasteiger partial charge >= 0.3 is 5.97 Å². The third kappa shape index (κ3) is 5.00. The number of hydrazone groups is 1. The van der Waals surface area contributed by atoms with Crippen LogP contribution in [0.2, 0.25) is 0 Å². The molecule has 4 rings (SSSR count). The van der Waals surface area contributed by atoms with E-state index in [2.05, 4.69) is 15.5 Å². The van der Waals surface area contributed by atoms with Gasteiger partial charge in [0.2, 0.25) is 5.13 Å². The quantitative estimate of drug-likeness (QED) is 0.247. The molecule has 1 N–H and O–H groups in total. The molecule has 0 spiro atoms. The standard InChI is InChI=1S/C22H21N3O3S/c1-2-27-20-12-15(8-11-19(20)28-21(26)17-9-10-17)13-23-25-22-24-18(14-29-22)16-6-4-3-5-7-16/h3-8,11-14,17H,2,9-10H2,1H3,(H,24,25). The van der Waals surface area contributed by atoms with Gasteiger partial charge in [-0.2, -0.15) is 5.10 Å². The number of benzene rings is 2. The molecule has 0 saturated heterocycles. The zero-order valence-electron chi connectivity index (χ0n) is 16.0. The van der Waals surface area contributed by atoms with Crippen LogP contribution in [0.1, 0.15) is 25.3 Å². The molecule has 0 radical (unpaired) electrons. The Hall–Kier alpha value is -3.19. The summed E-state index contributed by atoms with van der Waals surface area (Å²) in [5.74, 6) is 0.827. The van der Waals surface area contributed by atoms with Gasteiger partial charge in [0.25, 0.3) is 0 Å². The Labute approximate surface area is 173 Å². The summed E-state index contributed by atoms with van der Waals surface area (Å²) in [7, 11) is 0. The Bertz CT molecular complexity index is 1010. The molecule has 6 nitrogen and oxygen atoms in total. The molecule has 148 valence electrons. The van der Waals surface area contributed by atoms with Crippen molar-refractivity contribution in [1.82, 2.24) is 4.98 Å². The van der Waals surface area contributed by atoms with Crippen molar-refractivity contribution in [2.75, 3.05) is 12.0 Å². The van der Waals surface area contributed by atoms with Gasteiger partial charge < -0.3 is 9.47 Å². The molecule has 0 aliphatic heterocycles. The predicted octanol–water partition coefficient (Wildman–Crippen LogP) is 4.97. The molecule has 3 aromatic rings. The van der Waals surface area contributed by atoms with E-state index < -0.39 is 0 Å². The molecule has 1 aromatic heterocycles. The number of rotatable bonds is 8. The molecule has 1 heterocycles. The van der Waals surface area contributed by atoms with Crippen molar-refractivity contribution in [3.8, 4) is 22.8 Å². The number of nitrogens with one attached hydrogen (secondary N) is 1. The lowest BCUT2D eigenvalue weighted by atomic mass is 10.2. The lowest BCUT2D eigenvalue weighted by molar-refractivity contribution is -0.135. The number of nitrogens with zero attached hydrogens (tertiary/aromatic N) is 2. The van der Waals surface area contributed by atoms with Crippen LogP contribution in [-0.2, 0) is 4.79 Å². The van der Waals surface area contributed by atoms with Crippen LogP contribution in [0, 0.1) is 5.92 Å². The van der Waals surface area contributed by atoms with E-state index >= 15 is 0 Å². The summed E-state index contributed by atoms with van der Waals surface area (Å²) in [6, 6.07) is 15.4. The van der Waals surface area contributed by atoms with Gasteiger partial charge in [-0.1, -0.05) is 30.3 Å². The maximum absolute atomic E-state index is 11.9. The summed E-state index contributed by atoms with van der Waals surface area (Å²) in [6.45, 7) is 2.37. The zero-order chi connectivity index (χ0) is 20.1. The first-order valence-corrected chi connectivity index (χ1v) is 10.4. The molecule has 29 heavy (non-hydrogen) atoms. The molecule has 0 atom stereocenters. The number of carbonyl (C=O) groups is 1. The van der Waals surface area contributed by atoms with Crippen LogP contribution in [-0.4, -0.2) is 23.8 Å². The summed E-state index contributed by atoms with van der Waals surface area (Å²) in [5, 5.41) is 6.96. The molecule has 1 saturated carbocycles. The largest absolute Gasteiger partial charge is 0.490 e. The highest BCUT2D eigenvalue weighted by molar-refractivity contribution is 7.14. The second-order valence-corrected chi connectivity index (χ2v) is 7.47. The fraction of sp³-hybridized carbons (Fsp3) is 0.227. The minimum absolute atomic E-state index is 0.0361. The Morgan fingerprint density at radius 3 is 2.83 bits per heavy atom. The smallest absolute Gasteiger partial charge is 0.314 e. The van der Waals surface area contributed by atoms with Crippen LogP contribution < -0.4 is 14.9 Å². The minimum Gasteiger partial charge on any atom is -0.490 e. The average Bonchev–Trinajstić information content (AvgIpc) is 3.49. The lowest BCUT2D eigenvalue weighted by Gasteiger charge is -2.11. The van der Waals surface area contributed by atoms with Gasteiger partial charge in [-0.3, -0.25) is 10.2 Å². The van der Waals surface area contributed by atoms with Crippen molar-refractivity contribution in [3.63, 3.8) is 0 Å². The summed E-state index contributed by atoms with van der Waals surface area (Å²) in [4.78, 5) is 16.5. The normalized spacial score (nSPS) is 13.4.